The Kier molecular flexibility index (Phi) is 3.28. The van der Waals surface area contributed by atoms with Crippen LogP contribution in [0.25, 0.3) is 0 Å². The fraction of sp³-hybridized carbons (Fsp3) is 0.167. The predicted molar refractivity (Wildman–Crippen MR) is 75.6 cm³/mol. The summed E-state index contributed by atoms with van der Waals surface area (Å²) in [6.07, 6.45) is 0. The van der Waals surface area contributed by atoms with E-state index < -0.39 is 10.0 Å². The second-order valence-electron chi connectivity index (χ2n) is 4.09. The van der Waals surface area contributed by atoms with Gasteiger partial charge in [-0.05, 0) is 23.6 Å². The molecule has 2 heterocycles. The van der Waals surface area contributed by atoms with Crippen LogP contribution in [0.15, 0.2) is 34.5 Å². The van der Waals surface area contributed by atoms with Crippen molar-refractivity contribution in [2.75, 3.05) is 11.5 Å². The average molecular weight is 312 g/mol. The van der Waals surface area contributed by atoms with Gasteiger partial charge in [0.2, 0.25) is 6.79 Å². The second kappa shape index (κ2) is 4.97. The molecule has 8 heteroatoms. The third-order valence-electron chi connectivity index (χ3n) is 2.80. The first kappa shape index (κ1) is 13.2. The lowest BCUT2D eigenvalue weighted by atomic mass is 10.3. The molecule has 1 aliphatic heterocycles. The molecule has 1 aliphatic rings. The maximum Gasteiger partial charge on any atom is 0.263 e. The molecule has 0 saturated carbocycles. The summed E-state index contributed by atoms with van der Waals surface area (Å²) in [6, 6.07) is 6.42. The molecule has 106 valence electrons. The average Bonchev–Trinajstić information content (AvgIpc) is 3.06. The summed E-state index contributed by atoms with van der Waals surface area (Å²) in [4.78, 5) is 0.834. The molecular formula is C12H12N2O4S2. The van der Waals surface area contributed by atoms with Crippen molar-refractivity contribution >= 4 is 27.0 Å². The van der Waals surface area contributed by atoms with Gasteiger partial charge in [0.15, 0.2) is 11.5 Å². The van der Waals surface area contributed by atoms with Crippen molar-refractivity contribution in [1.29, 1.82) is 0 Å². The van der Waals surface area contributed by atoms with Crippen LogP contribution in [0, 0.1) is 0 Å². The highest BCUT2D eigenvalue weighted by Crippen LogP contribution is 2.35. The molecule has 0 bridgehead atoms. The molecule has 3 rings (SSSR count). The first-order chi connectivity index (χ1) is 9.60. The summed E-state index contributed by atoms with van der Waals surface area (Å²) < 4.78 is 37.5. The number of rotatable bonds is 4. The molecule has 6 nitrogen and oxygen atoms in total. The molecule has 20 heavy (non-hydrogen) atoms. The van der Waals surface area contributed by atoms with Crippen LogP contribution in [0.5, 0.6) is 11.5 Å². The van der Waals surface area contributed by atoms with Gasteiger partial charge in [-0.3, -0.25) is 4.72 Å². The van der Waals surface area contributed by atoms with Crippen molar-refractivity contribution in [2.45, 2.75) is 11.4 Å². The van der Waals surface area contributed by atoms with Gasteiger partial charge in [-0.2, -0.15) is 0 Å². The fourth-order valence-corrected chi connectivity index (χ4v) is 4.27. The van der Waals surface area contributed by atoms with E-state index in [2.05, 4.69) is 4.72 Å². The fourth-order valence-electron chi connectivity index (χ4n) is 1.89. The van der Waals surface area contributed by atoms with Crippen molar-refractivity contribution in [3.05, 3.63) is 34.5 Å². The van der Waals surface area contributed by atoms with Gasteiger partial charge in [-0.15, -0.1) is 11.3 Å². The molecule has 0 saturated heterocycles. The predicted octanol–water partition coefficient (Wildman–Crippen LogP) is 1.74. The Bertz CT molecular complexity index is 740. The van der Waals surface area contributed by atoms with Gasteiger partial charge in [-0.25, -0.2) is 8.42 Å². The minimum Gasteiger partial charge on any atom is -0.454 e. The number of sulfonamides is 1. The van der Waals surface area contributed by atoms with Crippen LogP contribution in [0.4, 0.5) is 5.69 Å². The first-order valence-corrected chi connectivity index (χ1v) is 8.15. The van der Waals surface area contributed by atoms with E-state index in [-0.39, 0.29) is 18.2 Å². The third-order valence-corrected chi connectivity index (χ3v) is 5.34. The number of benzene rings is 1. The van der Waals surface area contributed by atoms with Gasteiger partial charge in [-0.1, -0.05) is 0 Å². The van der Waals surface area contributed by atoms with E-state index in [4.69, 9.17) is 15.2 Å². The zero-order valence-electron chi connectivity index (χ0n) is 10.3. The van der Waals surface area contributed by atoms with E-state index in [9.17, 15) is 8.42 Å². The second-order valence-corrected chi connectivity index (χ2v) is 6.74. The van der Waals surface area contributed by atoms with Crippen LogP contribution in [-0.4, -0.2) is 15.2 Å². The summed E-state index contributed by atoms with van der Waals surface area (Å²) in [6.45, 7) is 0.336. The van der Waals surface area contributed by atoms with Crippen LogP contribution in [0.1, 0.15) is 4.88 Å². The van der Waals surface area contributed by atoms with E-state index >= 15 is 0 Å². The quantitative estimate of drug-likeness (QED) is 0.897. The number of ether oxygens (including phenoxy) is 2. The monoisotopic (exact) mass is 312 g/mol. The molecule has 0 spiro atoms. The van der Waals surface area contributed by atoms with Crippen molar-refractivity contribution in [3.63, 3.8) is 0 Å². The molecule has 0 radical (unpaired) electrons. The van der Waals surface area contributed by atoms with Crippen LogP contribution in [-0.2, 0) is 16.6 Å². The Morgan fingerprint density at radius 1 is 1.25 bits per heavy atom. The number of hydrogen-bond acceptors (Lipinski definition) is 6. The normalized spacial score (nSPS) is 13.4. The van der Waals surface area contributed by atoms with Crippen LogP contribution >= 0.6 is 11.3 Å². The summed E-state index contributed by atoms with van der Waals surface area (Å²) in [7, 11) is -3.65. The van der Waals surface area contributed by atoms with Crippen LogP contribution < -0.4 is 19.9 Å². The zero-order valence-corrected chi connectivity index (χ0v) is 12.0. The van der Waals surface area contributed by atoms with Gasteiger partial charge >= 0.3 is 0 Å². The lowest BCUT2D eigenvalue weighted by molar-refractivity contribution is 0.174. The van der Waals surface area contributed by atoms with Crippen molar-refractivity contribution in [3.8, 4) is 11.5 Å². The maximum absolute atomic E-state index is 12.3. The number of nitrogens with two attached hydrogens (primary N) is 1. The molecule has 2 aromatic rings. The molecular weight excluding hydrogens is 300 g/mol. The Morgan fingerprint density at radius 2 is 2.05 bits per heavy atom. The minimum atomic E-state index is -3.65. The highest BCUT2D eigenvalue weighted by Gasteiger charge is 2.21. The standard InChI is InChI=1S/C12H12N2O4S2/c13-6-11-12(3-4-19-11)20(15,16)14-8-1-2-9-10(5-8)18-7-17-9/h1-5,14H,6-7,13H2. The highest BCUT2D eigenvalue weighted by atomic mass is 32.2. The van der Waals surface area contributed by atoms with Crippen molar-refractivity contribution in [2.24, 2.45) is 5.73 Å². The lowest BCUT2D eigenvalue weighted by Gasteiger charge is -2.08. The van der Waals surface area contributed by atoms with Gasteiger partial charge in [0.1, 0.15) is 4.90 Å². The largest absolute Gasteiger partial charge is 0.454 e. The Balaban J connectivity index is 1.90. The third kappa shape index (κ3) is 2.33. The van der Waals surface area contributed by atoms with Gasteiger partial charge in [0.05, 0.1) is 5.69 Å². The molecule has 0 fully saturated rings. The van der Waals surface area contributed by atoms with Crippen LogP contribution in [0.3, 0.4) is 0 Å². The van der Waals surface area contributed by atoms with Crippen molar-refractivity contribution in [1.82, 2.24) is 0 Å². The highest BCUT2D eigenvalue weighted by molar-refractivity contribution is 7.93. The first-order valence-electron chi connectivity index (χ1n) is 5.79. The SMILES string of the molecule is NCc1sccc1S(=O)(=O)Nc1ccc2c(c1)OCO2. The number of anilines is 1. The molecule has 0 unspecified atom stereocenters. The van der Waals surface area contributed by atoms with Crippen molar-refractivity contribution < 1.29 is 17.9 Å². The smallest absolute Gasteiger partial charge is 0.263 e. The zero-order chi connectivity index (χ0) is 14.2. The summed E-state index contributed by atoms with van der Waals surface area (Å²) >= 11 is 1.32. The molecule has 0 amide bonds. The van der Waals surface area contributed by atoms with E-state index in [0.717, 1.165) is 0 Å². The Morgan fingerprint density at radius 3 is 2.85 bits per heavy atom. The summed E-state index contributed by atoms with van der Waals surface area (Å²) in [5, 5.41) is 1.70. The number of hydrogen-bond donors (Lipinski definition) is 2. The summed E-state index contributed by atoms with van der Waals surface area (Å²) in [5.41, 5.74) is 5.96. The number of fused-ring (bicyclic) bond motifs is 1. The van der Waals surface area contributed by atoms with Crippen LogP contribution in [0.2, 0.25) is 0 Å². The lowest BCUT2D eigenvalue weighted by Crippen LogP contribution is -2.14. The number of nitrogens with one attached hydrogen (secondary N) is 1. The van der Waals surface area contributed by atoms with E-state index in [1.165, 1.54) is 11.3 Å². The maximum atomic E-state index is 12.3. The molecule has 3 N–H and O–H groups in total. The molecule has 1 aromatic carbocycles. The number of thiophene rings is 1. The van der Waals surface area contributed by atoms with E-state index in [1.54, 1.807) is 29.6 Å². The summed E-state index contributed by atoms with van der Waals surface area (Å²) in [5.74, 6) is 1.13. The molecule has 1 aromatic heterocycles. The Labute approximate surface area is 120 Å². The van der Waals surface area contributed by atoms with E-state index in [1.807, 2.05) is 0 Å². The molecule has 0 aliphatic carbocycles. The molecule has 0 atom stereocenters. The Hall–Kier alpha value is -1.77. The topological polar surface area (TPSA) is 90.7 Å². The van der Waals surface area contributed by atoms with Gasteiger partial charge in [0.25, 0.3) is 10.0 Å². The van der Waals surface area contributed by atoms with Gasteiger partial charge < -0.3 is 15.2 Å². The van der Waals surface area contributed by atoms with Gasteiger partial charge in [0, 0.05) is 17.5 Å². The van der Waals surface area contributed by atoms with E-state index in [0.29, 0.717) is 22.1 Å². The minimum absolute atomic E-state index is 0.146.